The number of rotatable bonds is 4. The van der Waals surface area contributed by atoms with Crippen LogP contribution in [-0.4, -0.2) is 65.4 Å². The number of anilines is 1. The highest BCUT2D eigenvalue weighted by Crippen LogP contribution is 2.44. The number of hydrogen-bond donors (Lipinski definition) is 0. The van der Waals surface area contributed by atoms with Crippen molar-refractivity contribution in [3.63, 3.8) is 0 Å². The van der Waals surface area contributed by atoms with E-state index in [0.717, 1.165) is 6.42 Å². The second kappa shape index (κ2) is 7.98. The second-order valence-corrected chi connectivity index (χ2v) is 8.93. The third kappa shape index (κ3) is 3.38. The molecule has 0 aliphatic carbocycles. The number of fused-ring (bicyclic) bond motifs is 3. The van der Waals surface area contributed by atoms with Crippen LogP contribution in [0.4, 0.5) is 5.69 Å². The molecule has 31 heavy (non-hydrogen) atoms. The number of likely N-dealkylation sites (N-methyl/N-ethyl adjacent to an activating group) is 1. The topological polar surface area (TPSA) is 87.2 Å². The predicted molar refractivity (Wildman–Crippen MR) is 113 cm³/mol. The number of piperidine rings is 1. The molecule has 0 bridgehead atoms. The van der Waals surface area contributed by atoms with Crippen molar-refractivity contribution in [1.82, 2.24) is 9.80 Å². The Morgan fingerprint density at radius 2 is 1.81 bits per heavy atom. The van der Waals surface area contributed by atoms with Crippen molar-refractivity contribution in [1.29, 1.82) is 0 Å². The first-order valence-corrected chi connectivity index (χ1v) is 11.0. The summed E-state index contributed by atoms with van der Waals surface area (Å²) < 4.78 is 5.50. The zero-order valence-corrected chi connectivity index (χ0v) is 18.3. The number of esters is 1. The van der Waals surface area contributed by atoms with E-state index < -0.39 is 18.2 Å². The van der Waals surface area contributed by atoms with Crippen LogP contribution >= 0.6 is 0 Å². The smallest absolute Gasteiger partial charge is 0.354 e. The summed E-state index contributed by atoms with van der Waals surface area (Å²) in [5.74, 6) is -0.730. The highest BCUT2D eigenvalue weighted by Gasteiger charge is 2.61. The van der Waals surface area contributed by atoms with Crippen LogP contribution in [0.5, 0.6) is 0 Å². The van der Waals surface area contributed by atoms with Crippen LogP contribution in [-0.2, 0) is 19.1 Å². The summed E-state index contributed by atoms with van der Waals surface area (Å²) >= 11 is 0. The summed E-state index contributed by atoms with van der Waals surface area (Å²) in [6.07, 6.45) is 1.34. The van der Waals surface area contributed by atoms with Crippen molar-refractivity contribution < 1.29 is 23.9 Å². The fourth-order valence-electron chi connectivity index (χ4n) is 5.37. The molecule has 0 unspecified atom stereocenters. The molecule has 8 heteroatoms. The van der Waals surface area contributed by atoms with E-state index >= 15 is 0 Å². The Kier molecular flexibility index (Phi) is 5.49. The lowest BCUT2D eigenvalue weighted by atomic mass is 9.92. The van der Waals surface area contributed by atoms with E-state index in [1.54, 1.807) is 36.1 Å². The lowest BCUT2D eigenvalue weighted by molar-refractivity contribution is -0.162. The first-order chi connectivity index (χ1) is 14.8. The standard InChI is InChI=1S/C23H29N3O5/c1-4-25-21(29)17-7-5-6-8-18(17)26-19(27)9-10-23(25,26)22(30)31-14-20(28)24-12-15(2)11-16(3)13-24/h5-8,15-16H,4,9-14H2,1-3H3/t15-,16-,23+/m1/s1. The molecule has 0 spiro atoms. The third-order valence-electron chi connectivity index (χ3n) is 6.57. The number of benzene rings is 1. The minimum atomic E-state index is -1.54. The first kappa shape index (κ1) is 21.3. The van der Waals surface area contributed by atoms with Crippen molar-refractivity contribution in [2.45, 2.75) is 45.7 Å². The summed E-state index contributed by atoms with van der Waals surface area (Å²) in [4.78, 5) is 56.7. The maximum Gasteiger partial charge on any atom is 0.354 e. The van der Waals surface area contributed by atoms with Crippen LogP contribution in [0, 0.1) is 11.8 Å². The van der Waals surface area contributed by atoms with Gasteiger partial charge in [0.05, 0.1) is 11.3 Å². The Bertz CT molecular complexity index is 922. The Hall–Kier alpha value is -2.90. The number of amides is 3. The van der Waals surface area contributed by atoms with Gasteiger partial charge in [0, 0.05) is 32.5 Å². The van der Waals surface area contributed by atoms with Crippen LogP contribution in [0.25, 0.3) is 0 Å². The fourth-order valence-corrected chi connectivity index (χ4v) is 5.37. The summed E-state index contributed by atoms with van der Waals surface area (Å²) in [5, 5.41) is 0. The van der Waals surface area contributed by atoms with Crippen LogP contribution in [0.15, 0.2) is 24.3 Å². The Morgan fingerprint density at radius 3 is 2.48 bits per heavy atom. The molecular formula is C23H29N3O5. The predicted octanol–water partition coefficient (Wildman–Crippen LogP) is 2.03. The Labute approximate surface area is 182 Å². The van der Waals surface area contributed by atoms with Gasteiger partial charge in [0.1, 0.15) is 0 Å². The Balaban J connectivity index is 1.59. The number of nitrogens with zero attached hydrogens (tertiary/aromatic N) is 3. The quantitative estimate of drug-likeness (QED) is 0.687. The van der Waals surface area contributed by atoms with Crippen molar-refractivity contribution in [3.8, 4) is 0 Å². The number of para-hydroxylation sites is 1. The van der Waals surface area contributed by atoms with E-state index in [4.69, 9.17) is 4.74 Å². The molecule has 3 atom stereocenters. The highest BCUT2D eigenvalue weighted by molar-refractivity contribution is 6.15. The van der Waals surface area contributed by atoms with Crippen molar-refractivity contribution in [2.24, 2.45) is 11.8 Å². The van der Waals surface area contributed by atoms with Crippen molar-refractivity contribution >= 4 is 29.4 Å². The molecule has 2 fully saturated rings. The molecule has 1 aromatic carbocycles. The van der Waals surface area contributed by atoms with Gasteiger partial charge in [-0.1, -0.05) is 26.0 Å². The van der Waals surface area contributed by atoms with Crippen LogP contribution in [0.3, 0.4) is 0 Å². The number of carbonyl (C=O) groups is 4. The molecule has 166 valence electrons. The molecule has 3 amide bonds. The number of ether oxygens (including phenoxy) is 1. The largest absolute Gasteiger partial charge is 0.452 e. The Morgan fingerprint density at radius 1 is 1.13 bits per heavy atom. The number of hydrogen-bond acceptors (Lipinski definition) is 5. The highest BCUT2D eigenvalue weighted by atomic mass is 16.5. The molecule has 3 aliphatic rings. The number of likely N-dealkylation sites (tertiary alicyclic amines) is 1. The van der Waals surface area contributed by atoms with Crippen LogP contribution in [0.2, 0.25) is 0 Å². The minimum absolute atomic E-state index is 0.127. The molecule has 0 radical (unpaired) electrons. The van der Waals surface area contributed by atoms with E-state index in [9.17, 15) is 19.2 Å². The van der Waals surface area contributed by atoms with Crippen LogP contribution < -0.4 is 4.90 Å². The van der Waals surface area contributed by atoms with Gasteiger partial charge in [-0.05, 0) is 37.3 Å². The average Bonchev–Trinajstić information content (AvgIpc) is 3.09. The lowest BCUT2D eigenvalue weighted by Crippen LogP contribution is -2.68. The van der Waals surface area contributed by atoms with Gasteiger partial charge in [-0.3, -0.25) is 19.3 Å². The number of carbonyl (C=O) groups excluding carboxylic acids is 4. The minimum Gasteiger partial charge on any atom is -0.452 e. The van der Waals surface area contributed by atoms with E-state index in [1.807, 2.05) is 0 Å². The van der Waals surface area contributed by atoms with Gasteiger partial charge in [0.25, 0.3) is 11.8 Å². The monoisotopic (exact) mass is 427 g/mol. The second-order valence-electron chi connectivity index (χ2n) is 8.93. The van der Waals surface area contributed by atoms with E-state index in [0.29, 0.717) is 36.2 Å². The summed E-state index contributed by atoms with van der Waals surface area (Å²) in [7, 11) is 0. The molecule has 3 aliphatic heterocycles. The van der Waals surface area contributed by atoms with Gasteiger partial charge in [0.15, 0.2) is 6.61 Å². The summed E-state index contributed by atoms with van der Waals surface area (Å²) in [6.45, 7) is 7.10. The average molecular weight is 428 g/mol. The van der Waals surface area contributed by atoms with Gasteiger partial charge in [0.2, 0.25) is 11.6 Å². The normalized spacial score (nSPS) is 27.8. The molecule has 0 aromatic heterocycles. The molecule has 8 nitrogen and oxygen atoms in total. The molecule has 0 N–H and O–H groups in total. The van der Waals surface area contributed by atoms with Crippen molar-refractivity contribution in [2.75, 3.05) is 31.1 Å². The molecule has 2 saturated heterocycles. The molecule has 1 aromatic rings. The third-order valence-corrected chi connectivity index (χ3v) is 6.57. The maximum absolute atomic E-state index is 13.4. The van der Waals surface area contributed by atoms with E-state index in [2.05, 4.69) is 13.8 Å². The van der Waals surface area contributed by atoms with Crippen LogP contribution in [0.1, 0.15) is 50.4 Å². The van der Waals surface area contributed by atoms with Gasteiger partial charge in [-0.15, -0.1) is 0 Å². The summed E-state index contributed by atoms with van der Waals surface area (Å²) in [6, 6.07) is 6.80. The molecule has 3 heterocycles. The van der Waals surface area contributed by atoms with Gasteiger partial charge >= 0.3 is 5.97 Å². The molecule has 0 saturated carbocycles. The molecular weight excluding hydrogens is 398 g/mol. The van der Waals surface area contributed by atoms with E-state index in [1.165, 1.54) is 9.80 Å². The first-order valence-electron chi connectivity index (χ1n) is 11.0. The van der Waals surface area contributed by atoms with Crippen molar-refractivity contribution in [3.05, 3.63) is 29.8 Å². The zero-order valence-electron chi connectivity index (χ0n) is 18.3. The maximum atomic E-state index is 13.4. The lowest BCUT2D eigenvalue weighted by Gasteiger charge is -2.48. The van der Waals surface area contributed by atoms with Gasteiger partial charge in [-0.25, -0.2) is 4.79 Å². The van der Waals surface area contributed by atoms with Gasteiger partial charge < -0.3 is 14.5 Å². The van der Waals surface area contributed by atoms with E-state index in [-0.39, 0.29) is 37.1 Å². The summed E-state index contributed by atoms with van der Waals surface area (Å²) in [5.41, 5.74) is -0.739. The van der Waals surface area contributed by atoms with Gasteiger partial charge in [-0.2, -0.15) is 0 Å². The fraction of sp³-hybridized carbons (Fsp3) is 0.565. The zero-order chi connectivity index (χ0) is 22.3. The molecule has 4 rings (SSSR count). The SMILES string of the molecule is CCN1C(=O)c2ccccc2N2C(=O)CC[C@]12C(=O)OCC(=O)N1C[C@H](C)C[C@@H](C)C1.